The zero-order chi connectivity index (χ0) is 26.5. The maximum atomic E-state index is 12.6. The third-order valence-corrected chi connectivity index (χ3v) is 5.98. The van der Waals surface area contributed by atoms with E-state index in [0.29, 0.717) is 43.7 Å². The highest BCUT2D eigenvalue weighted by Gasteiger charge is 2.33. The van der Waals surface area contributed by atoms with Gasteiger partial charge in [0.05, 0.1) is 17.5 Å². The third-order valence-electron chi connectivity index (χ3n) is 5.98. The van der Waals surface area contributed by atoms with Crippen LogP contribution in [0.15, 0.2) is 42.0 Å². The van der Waals surface area contributed by atoms with Gasteiger partial charge in [-0.1, -0.05) is 24.3 Å². The maximum absolute atomic E-state index is 12.6. The minimum absolute atomic E-state index is 0.103. The fourth-order valence-electron chi connectivity index (χ4n) is 4.03. The van der Waals surface area contributed by atoms with Gasteiger partial charge >= 0.3 is 18.1 Å². The quantitative estimate of drug-likeness (QED) is 0.474. The van der Waals surface area contributed by atoms with Crippen molar-refractivity contribution in [1.29, 1.82) is 0 Å². The Hall–Kier alpha value is -3.82. The Balaban J connectivity index is 1.41. The molecule has 1 saturated heterocycles. The number of hydrogen-bond donors (Lipinski definition) is 4. The SMILES string of the molecule is Cc1c(NC(=O)NC2C=CC(CNC(=O)C3CCN(C(=O)OC(C)(C)C)C3)=CC2)cccc1C(=O)O. The van der Waals surface area contributed by atoms with Gasteiger partial charge in [-0.25, -0.2) is 14.4 Å². The topological polar surface area (TPSA) is 137 Å². The highest BCUT2D eigenvalue weighted by molar-refractivity contribution is 5.95. The van der Waals surface area contributed by atoms with Crippen molar-refractivity contribution in [2.24, 2.45) is 5.92 Å². The zero-order valence-electron chi connectivity index (χ0n) is 21.1. The van der Waals surface area contributed by atoms with E-state index in [1.54, 1.807) is 24.0 Å². The average molecular weight is 499 g/mol. The second kappa shape index (κ2) is 11.3. The molecule has 0 bridgehead atoms. The molecule has 0 spiro atoms. The van der Waals surface area contributed by atoms with E-state index in [1.807, 2.05) is 39.0 Å². The lowest BCUT2D eigenvalue weighted by molar-refractivity contribution is -0.124. The van der Waals surface area contributed by atoms with Crippen LogP contribution in [-0.4, -0.2) is 65.3 Å². The minimum atomic E-state index is -1.05. The number of nitrogens with one attached hydrogen (secondary N) is 3. The van der Waals surface area contributed by atoms with Crippen molar-refractivity contribution in [2.45, 2.75) is 52.2 Å². The Morgan fingerprint density at radius 1 is 1.19 bits per heavy atom. The molecule has 1 fully saturated rings. The Bertz CT molecular complexity index is 1090. The van der Waals surface area contributed by atoms with Gasteiger partial charge in [-0.3, -0.25) is 4.79 Å². The van der Waals surface area contributed by atoms with E-state index in [4.69, 9.17) is 4.74 Å². The number of urea groups is 1. The van der Waals surface area contributed by atoms with Crippen molar-refractivity contribution in [3.63, 3.8) is 0 Å². The smallest absolute Gasteiger partial charge is 0.410 e. The Labute approximate surface area is 210 Å². The number of ether oxygens (including phenoxy) is 1. The summed E-state index contributed by atoms with van der Waals surface area (Å²) in [5.41, 5.74) is 1.40. The second-order valence-electron chi connectivity index (χ2n) is 9.99. The van der Waals surface area contributed by atoms with Crippen molar-refractivity contribution in [1.82, 2.24) is 15.5 Å². The number of carboxylic acid groups (broad SMARTS) is 1. The molecule has 0 radical (unpaired) electrons. The first-order chi connectivity index (χ1) is 16.9. The van der Waals surface area contributed by atoms with Gasteiger partial charge < -0.3 is 30.7 Å². The number of carboxylic acids is 1. The van der Waals surface area contributed by atoms with Crippen LogP contribution < -0.4 is 16.0 Å². The average Bonchev–Trinajstić information content (AvgIpc) is 3.29. The molecule has 0 saturated carbocycles. The van der Waals surface area contributed by atoms with Crippen molar-refractivity contribution in [3.05, 3.63) is 53.1 Å². The molecule has 1 aliphatic heterocycles. The number of nitrogens with zero attached hydrogens (tertiary/aromatic N) is 1. The van der Waals surface area contributed by atoms with Crippen LogP contribution in [0.4, 0.5) is 15.3 Å². The number of benzene rings is 1. The lowest BCUT2D eigenvalue weighted by Gasteiger charge is -2.24. The molecule has 0 aromatic heterocycles. The van der Waals surface area contributed by atoms with Crippen LogP contribution in [0, 0.1) is 12.8 Å². The van der Waals surface area contributed by atoms with Gasteiger partial charge in [0.15, 0.2) is 0 Å². The molecule has 10 nitrogen and oxygen atoms in total. The molecular formula is C26H34N4O6. The van der Waals surface area contributed by atoms with E-state index in [9.17, 15) is 24.3 Å². The Morgan fingerprint density at radius 3 is 2.58 bits per heavy atom. The maximum Gasteiger partial charge on any atom is 0.410 e. The van der Waals surface area contributed by atoms with Crippen molar-refractivity contribution >= 4 is 29.7 Å². The largest absolute Gasteiger partial charge is 0.478 e. The lowest BCUT2D eigenvalue weighted by atomic mass is 10.0. The number of anilines is 1. The predicted octanol–water partition coefficient (Wildman–Crippen LogP) is 3.44. The molecule has 2 atom stereocenters. The van der Waals surface area contributed by atoms with Crippen LogP contribution in [0.3, 0.4) is 0 Å². The van der Waals surface area contributed by atoms with Crippen molar-refractivity contribution in [2.75, 3.05) is 25.0 Å². The molecule has 1 aliphatic carbocycles. The number of amides is 4. The van der Waals surface area contributed by atoms with Crippen LogP contribution in [0.1, 0.15) is 49.5 Å². The second-order valence-corrected chi connectivity index (χ2v) is 9.99. The van der Waals surface area contributed by atoms with Crippen LogP contribution in [0.5, 0.6) is 0 Å². The van der Waals surface area contributed by atoms with Gasteiger partial charge in [-0.2, -0.15) is 0 Å². The Morgan fingerprint density at radius 2 is 1.94 bits per heavy atom. The van der Waals surface area contributed by atoms with E-state index in [0.717, 1.165) is 5.57 Å². The molecule has 1 aromatic carbocycles. The minimum Gasteiger partial charge on any atom is -0.478 e. The van der Waals surface area contributed by atoms with E-state index < -0.39 is 23.7 Å². The summed E-state index contributed by atoms with van der Waals surface area (Å²) in [6, 6.07) is 4.05. The summed E-state index contributed by atoms with van der Waals surface area (Å²) in [6.07, 6.45) is 6.40. The molecule has 4 N–H and O–H groups in total. The summed E-state index contributed by atoms with van der Waals surface area (Å²) in [4.78, 5) is 50.0. The number of aromatic carboxylic acids is 1. The van der Waals surface area contributed by atoms with Crippen LogP contribution in [0.2, 0.25) is 0 Å². The number of rotatable bonds is 6. The molecule has 2 aliphatic rings. The van der Waals surface area contributed by atoms with Crippen LogP contribution in [0.25, 0.3) is 0 Å². The molecule has 10 heteroatoms. The molecule has 3 rings (SSSR count). The fraction of sp³-hybridized carbons (Fsp3) is 0.462. The molecule has 36 heavy (non-hydrogen) atoms. The summed E-state index contributed by atoms with van der Waals surface area (Å²) in [6.45, 7) is 8.26. The van der Waals surface area contributed by atoms with Crippen molar-refractivity contribution < 1.29 is 29.0 Å². The van der Waals surface area contributed by atoms with Crippen molar-refractivity contribution in [3.8, 4) is 0 Å². The first-order valence-corrected chi connectivity index (χ1v) is 12.0. The van der Waals surface area contributed by atoms with Gasteiger partial charge in [0.1, 0.15) is 5.60 Å². The van der Waals surface area contributed by atoms with Gasteiger partial charge in [0, 0.05) is 25.3 Å². The zero-order valence-corrected chi connectivity index (χ0v) is 21.1. The number of likely N-dealkylation sites (tertiary alicyclic amines) is 1. The number of hydrogen-bond acceptors (Lipinski definition) is 5. The third kappa shape index (κ3) is 7.34. The molecule has 2 unspecified atom stereocenters. The van der Waals surface area contributed by atoms with E-state index >= 15 is 0 Å². The molecule has 194 valence electrons. The normalized spacial score (nSPS) is 19.3. The van der Waals surface area contributed by atoms with Gasteiger partial charge in [0.2, 0.25) is 5.91 Å². The lowest BCUT2D eigenvalue weighted by Crippen LogP contribution is -2.38. The Kier molecular flexibility index (Phi) is 8.39. The highest BCUT2D eigenvalue weighted by Crippen LogP contribution is 2.21. The van der Waals surface area contributed by atoms with Gasteiger partial charge in [0.25, 0.3) is 0 Å². The summed E-state index contributed by atoms with van der Waals surface area (Å²) in [5.74, 6) is -1.43. The fourth-order valence-corrected chi connectivity index (χ4v) is 4.03. The van der Waals surface area contributed by atoms with Crippen LogP contribution >= 0.6 is 0 Å². The van der Waals surface area contributed by atoms with Gasteiger partial charge in [-0.15, -0.1) is 0 Å². The standard InChI is InChI=1S/C26H34N4O6/c1-16-20(23(32)33)6-5-7-21(16)29-24(34)28-19-10-8-17(9-11-19)14-27-22(31)18-12-13-30(15-18)25(35)36-26(2,3)4/h5-10,18-19H,11-15H2,1-4H3,(H,27,31)(H,32,33)(H2,28,29,34). The first-order valence-electron chi connectivity index (χ1n) is 12.0. The highest BCUT2D eigenvalue weighted by atomic mass is 16.6. The number of carbonyl (C=O) groups excluding carboxylic acids is 3. The molecule has 1 heterocycles. The monoisotopic (exact) mass is 498 g/mol. The summed E-state index contributed by atoms with van der Waals surface area (Å²) >= 11 is 0. The van der Waals surface area contributed by atoms with Gasteiger partial charge in [-0.05, 0) is 63.8 Å². The predicted molar refractivity (Wildman–Crippen MR) is 135 cm³/mol. The first kappa shape index (κ1) is 26.8. The van der Waals surface area contributed by atoms with E-state index in [2.05, 4.69) is 16.0 Å². The molecule has 1 aromatic rings. The molecule has 4 amide bonds. The van der Waals surface area contributed by atoms with E-state index in [1.165, 1.54) is 6.07 Å². The van der Waals surface area contributed by atoms with E-state index in [-0.39, 0.29) is 23.4 Å². The summed E-state index contributed by atoms with van der Waals surface area (Å²) < 4.78 is 5.38. The number of carbonyl (C=O) groups is 4. The van der Waals surface area contributed by atoms with Crippen LogP contribution in [-0.2, 0) is 9.53 Å². The molecular weight excluding hydrogens is 464 g/mol. The summed E-state index contributed by atoms with van der Waals surface area (Å²) in [5, 5.41) is 17.7. The summed E-state index contributed by atoms with van der Waals surface area (Å²) in [7, 11) is 0.